The summed E-state index contributed by atoms with van der Waals surface area (Å²) in [6, 6.07) is -1.48. The van der Waals surface area contributed by atoms with Gasteiger partial charge in [0.15, 0.2) is 0 Å². The van der Waals surface area contributed by atoms with Crippen LogP contribution in [0.2, 0.25) is 0 Å². The van der Waals surface area contributed by atoms with Crippen molar-refractivity contribution in [2.45, 2.75) is 116 Å². The predicted molar refractivity (Wildman–Crippen MR) is 165 cm³/mol. The highest BCUT2D eigenvalue weighted by molar-refractivity contribution is 5.73. The van der Waals surface area contributed by atoms with Gasteiger partial charge in [0.2, 0.25) is 0 Å². The van der Waals surface area contributed by atoms with Crippen molar-refractivity contribution in [1.29, 1.82) is 0 Å². The first kappa shape index (κ1) is 45.8. The monoisotopic (exact) mass is 600 g/mol. The molecule has 0 radical (unpaired) electrons. The molecule has 0 spiro atoms. The van der Waals surface area contributed by atoms with Crippen molar-refractivity contribution in [1.82, 2.24) is 0 Å². The van der Waals surface area contributed by atoms with Gasteiger partial charge in [0.1, 0.15) is 12.1 Å². The molecule has 0 aliphatic rings. The molecule has 2 unspecified atom stereocenters. The Morgan fingerprint density at radius 1 is 0.548 bits per heavy atom. The van der Waals surface area contributed by atoms with Crippen molar-refractivity contribution >= 4 is 23.9 Å². The van der Waals surface area contributed by atoms with Crippen LogP contribution in [0.15, 0.2) is 0 Å². The molecule has 244 valence electrons. The van der Waals surface area contributed by atoms with Gasteiger partial charge in [-0.25, -0.2) is 0 Å². The van der Waals surface area contributed by atoms with Crippen LogP contribution in [0.5, 0.6) is 0 Å². The van der Waals surface area contributed by atoms with Crippen LogP contribution in [-0.2, 0) is 19.2 Å². The summed E-state index contributed by atoms with van der Waals surface area (Å²) in [6.07, 6.45) is 21.6. The largest absolute Gasteiger partial charge is 0.481 e. The molecule has 0 aromatic heterocycles. The average molecular weight is 601 g/mol. The van der Waals surface area contributed by atoms with Gasteiger partial charge in [-0.05, 0) is 64.5 Å². The first-order chi connectivity index (χ1) is 19.7. The third kappa shape index (κ3) is 39.0. The summed E-state index contributed by atoms with van der Waals surface area (Å²) >= 11 is 0. The number of terminal acetylenes is 2. The Morgan fingerprint density at radius 3 is 1.07 bits per heavy atom. The highest BCUT2D eigenvalue weighted by Gasteiger charge is 2.11. The lowest BCUT2D eigenvalue weighted by molar-refractivity contribution is -0.142. The lowest BCUT2D eigenvalue weighted by Crippen LogP contribution is -2.30. The second-order valence-corrected chi connectivity index (χ2v) is 9.84. The summed E-state index contributed by atoms with van der Waals surface area (Å²) in [5, 5.41) is 33.6. The maximum absolute atomic E-state index is 10.4. The zero-order valence-corrected chi connectivity index (χ0v) is 25.5. The van der Waals surface area contributed by atoms with E-state index in [1.807, 2.05) is 0 Å². The molecule has 0 rings (SSSR count). The summed E-state index contributed by atoms with van der Waals surface area (Å²) in [6.45, 7) is 4.48. The molecule has 0 amide bonds. The number of carboxylic acid groups (broad SMARTS) is 4. The molecule has 12 N–H and O–H groups in total. The summed E-state index contributed by atoms with van der Waals surface area (Å²) in [5.74, 6) is 1.39. The highest BCUT2D eigenvalue weighted by atomic mass is 16.4. The van der Waals surface area contributed by atoms with E-state index in [0.29, 0.717) is 38.8 Å². The van der Waals surface area contributed by atoms with E-state index in [-0.39, 0.29) is 11.8 Å². The van der Waals surface area contributed by atoms with Crippen LogP contribution in [-0.4, -0.2) is 69.5 Å². The SMILES string of the molecule is C#CCCCCCC(C)C(=O)O.C#CCCCCCC(C)C(=O)O.NCCC[C@H](N)C(=O)O.NCCC[C@H](N)C(=O)O. The van der Waals surface area contributed by atoms with E-state index >= 15 is 0 Å². The molecule has 0 aromatic carbocycles. The summed E-state index contributed by atoms with van der Waals surface area (Å²) in [7, 11) is 0. The molecular weight excluding hydrogens is 544 g/mol. The van der Waals surface area contributed by atoms with Crippen molar-refractivity contribution in [2.75, 3.05) is 13.1 Å². The van der Waals surface area contributed by atoms with Crippen molar-refractivity contribution in [3.8, 4) is 24.7 Å². The molecular formula is C30H56N4O8. The Hall–Kier alpha value is -3.16. The molecule has 0 aliphatic carbocycles. The quantitative estimate of drug-likeness (QED) is 0.0741. The molecule has 0 fully saturated rings. The standard InChI is InChI=1S/2C10H16O2.2C5H12N2O2/c2*1-3-4-5-6-7-8-9(2)10(11)12;2*6-3-1-2-4(7)5(8)9/h2*1,9H,4-8H2,2H3,(H,11,12);2*4H,1-3,6-7H2,(H,8,9)/t;;2*4-/m..00/s1. The molecule has 12 nitrogen and oxygen atoms in total. The topological polar surface area (TPSA) is 253 Å². The number of carboxylic acids is 4. The van der Waals surface area contributed by atoms with E-state index in [1.165, 1.54) is 0 Å². The number of aliphatic carboxylic acids is 4. The summed E-state index contributed by atoms with van der Waals surface area (Å²) in [5.41, 5.74) is 20.6. The Labute approximate surface area is 252 Å². The molecule has 0 bridgehead atoms. The van der Waals surface area contributed by atoms with Crippen molar-refractivity contribution < 1.29 is 39.6 Å². The number of nitrogens with two attached hydrogens (primary N) is 4. The Balaban J connectivity index is -0.000000231. The van der Waals surface area contributed by atoms with Gasteiger partial charge >= 0.3 is 23.9 Å². The lowest BCUT2D eigenvalue weighted by Gasteiger charge is -2.03. The number of carbonyl (C=O) groups is 4. The molecule has 4 atom stereocenters. The van der Waals surface area contributed by atoms with E-state index in [4.69, 9.17) is 56.2 Å². The highest BCUT2D eigenvalue weighted by Crippen LogP contribution is 2.10. The van der Waals surface area contributed by atoms with Crippen LogP contribution < -0.4 is 22.9 Å². The number of rotatable bonds is 20. The lowest BCUT2D eigenvalue weighted by atomic mass is 10.0. The maximum atomic E-state index is 10.4. The van der Waals surface area contributed by atoms with Crippen LogP contribution in [0.4, 0.5) is 0 Å². The fourth-order valence-corrected chi connectivity index (χ4v) is 2.88. The second-order valence-electron chi connectivity index (χ2n) is 9.84. The van der Waals surface area contributed by atoms with Gasteiger partial charge in [-0.2, -0.15) is 0 Å². The van der Waals surface area contributed by atoms with Gasteiger partial charge in [-0.15, -0.1) is 24.7 Å². The van der Waals surface area contributed by atoms with Crippen molar-refractivity contribution in [2.24, 2.45) is 34.8 Å². The van der Waals surface area contributed by atoms with E-state index in [0.717, 1.165) is 64.2 Å². The first-order valence-electron chi connectivity index (χ1n) is 14.4. The molecule has 12 heteroatoms. The number of unbranched alkanes of at least 4 members (excludes halogenated alkanes) is 6. The van der Waals surface area contributed by atoms with Gasteiger partial charge < -0.3 is 43.4 Å². The Kier molecular flexibility index (Phi) is 37.1. The van der Waals surface area contributed by atoms with Gasteiger partial charge in [-0.3, -0.25) is 19.2 Å². The fraction of sp³-hybridized carbons (Fsp3) is 0.733. The van der Waals surface area contributed by atoms with E-state index in [9.17, 15) is 19.2 Å². The van der Waals surface area contributed by atoms with Crippen LogP contribution in [0, 0.1) is 36.5 Å². The molecule has 0 saturated carbocycles. The number of hydrogen-bond donors (Lipinski definition) is 8. The van der Waals surface area contributed by atoms with Crippen LogP contribution in [0.3, 0.4) is 0 Å². The van der Waals surface area contributed by atoms with E-state index < -0.39 is 36.0 Å². The minimum atomic E-state index is -0.955. The average Bonchev–Trinajstić information content (AvgIpc) is 2.94. The van der Waals surface area contributed by atoms with Gasteiger partial charge in [0, 0.05) is 12.8 Å². The third-order valence-corrected chi connectivity index (χ3v) is 5.83. The van der Waals surface area contributed by atoms with Crippen molar-refractivity contribution in [3.63, 3.8) is 0 Å². The predicted octanol–water partition coefficient (Wildman–Crippen LogP) is 2.86. The van der Waals surface area contributed by atoms with Crippen molar-refractivity contribution in [3.05, 3.63) is 0 Å². The Morgan fingerprint density at radius 2 is 0.857 bits per heavy atom. The third-order valence-electron chi connectivity index (χ3n) is 5.83. The summed E-state index contributed by atoms with van der Waals surface area (Å²) < 4.78 is 0. The van der Waals surface area contributed by atoms with Gasteiger partial charge in [-0.1, -0.05) is 39.5 Å². The summed E-state index contributed by atoms with van der Waals surface area (Å²) in [4.78, 5) is 40.9. The Bertz CT molecular complexity index is 716. The second kappa shape index (κ2) is 34.0. The van der Waals surface area contributed by atoms with Gasteiger partial charge in [0.05, 0.1) is 11.8 Å². The van der Waals surface area contributed by atoms with E-state index in [1.54, 1.807) is 13.8 Å². The minimum Gasteiger partial charge on any atom is -0.481 e. The molecule has 0 saturated heterocycles. The van der Waals surface area contributed by atoms with Crippen LogP contribution in [0.1, 0.15) is 104 Å². The van der Waals surface area contributed by atoms with E-state index in [2.05, 4.69) is 11.8 Å². The molecule has 0 aliphatic heterocycles. The van der Waals surface area contributed by atoms with Gasteiger partial charge in [0.25, 0.3) is 0 Å². The zero-order chi connectivity index (χ0) is 33.3. The fourth-order valence-electron chi connectivity index (χ4n) is 2.88. The first-order valence-corrected chi connectivity index (χ1v) is 14.4. The molecule has 42 heavy (non-hydrogen) atoms. The van der Waals surface area contributed by atoms with Crippen LogP contribution in [0.25, 0.3) is 0 Å². The molecule has 0 aromatic rings. The minimum absolute atomic E-state index is 0.212. The maximum Gasteiger partial charge on any atom is 0.320 e. The molecule has 0 heterocycles. The zero-order valence-electron chi connectivity index (χ0n) is 25.5. The normalized spacial score (nSPS) is 12.5. The van der Waals surface area contributed by atoms with Crippen LogP contribution >= 0.6 is 0 Å². The number of hydrogen-bond acceptors (Lipinski definition) is 8. The smallest absolute Gasteiger partial charge is 0.320 e.